The Bertz CT molecular complexity index is 581. The highest BCUT2D eigenvalue weighted by Gasteiger charge is 2.15. The molecule has 0 aliphatic heterocycles. The number of benzene rings is 2. The van der Waals surface area contributed by atoms with Crippen molar-refractivity contribution in [3.05, 3.63) is 69.7 Å². The Labute approximate surface area is 132 Å². The molecule has 1 N–H and O–H groups in total. The summed E-state index contributed by atoms with van der Waals surface area (Å²) in [5.41, 5.74) is 1.36. The van der Waals surface area contributed by atoms with Gasteiger partial charge in [-0.2, -0.15) is 0 Å². The van der Waals surface area contributed by atoms with Gasteiger partial charge in [0.2, 0.25) is 0 Å². The van der Waals surface area contributed by atoms with Gasteiger partial charge in [0.1, 0.15) is 0 Å². The van der Waals surface area contributed by atoms with E-state index in [4.69, 9.17) is 34.8 Å². The fraction of sp³-hybridized carbons (Fsp3) is 0.133. The molecule has 0 saturated heterocycles. The molecular formula is C15H12Cl3NO. The molecule has 0 bridgehead atoms. The minimum Gasteiger partial charge on any atom is -0.344 e. The predicted octanol–water partition coefficient (Wildman–Crippen LogP) is 4.70. The molecule has 2 aromatic carbocycles. The number of nitrogens with one attached hydrogen (secondary N) is 1. The Balaban J connectivity index is 2.17. The smallest absolute Gasteiger partial charge is 0.251 e. The summed E-state index contributed by atoms with van der Waals surface area (Å²) in [5, 5.41) is 3.71. The zero-order chi connectivity index (χ0) is 14.5. The van der Waals surface area contributed by atoms with E-state index in [1.54, 1.807) is 18.2 Å². The van der Waals surface area contributed by atoms with Crippen LogP contribution in [0.4, 0.5) is 0 Å². The molecule has 2 aromatic rings. The van der Waals surface area contributed by atoms with Gasteiger partial charge in [0.05, 0.1) is 6.04 Å². The number of alkyl halides is 1. The fourth-order valence-electron chi connectivity index (χ4n) is 1.82. The van der Waals surface area contributed by atoms with Crippen molar-refractivity contribution in [1.82, 2.24) is 5.32 Å². The molecule has 1 unspecified atom stereocenters. The third-order valence-electron chi connectivity index (χ3n) is 2.79. The highest BCUT2D eigenvalue weighted by Crippen LogP contribution is 2.20. The number of hydrogen-bond acceptors (Lipinski definition) is 1. The van der Waals surface area contributed by atoms with Crippen molar-refractivity contribution in [2.45, 2.75) is 6.04 Å². The minimum atomic E-state index is -0.261. The molecule has 0 saturated carbocycles. The molecule has 0 spiro atoms. The van der Waals surface area contributed by atoms with Crippen molar-refractivity contribution >= 4 is 40.7 Å². The van der Waals surface area contributed by atoms with Crippen molar-refractivity contribution in [3.8, 4) is 0 Å². The number of hydrogen-bond donors (Lipinski definition) is 1. The van der Waals surface area contributed by atoms with E-state index < -0.39 is 0 Å². The van der Waals surface area contributed by atoms with E-state index in [0.29, 0.717) is 15.6 Å². The summed E-state index contributed by atoms with van der Waals surface area (Å²) in [6.07, 6.45) is 0. The number of carbonyl (C=O) groups excluding carboxylic acids is 1. The SMILES string of the molecule is O=C(NC(CCl)c1ccccc1)c1cc(Cl)cc(Cl)c1. The lowest BCUT2D eigenvalue weighted by Crippen LogP contribution is -2.29. The van der Waals surface area contributed by atoms with E-state index in [-0.39, 0.29) is 17.8 Å². The number of rotatable bonds is 4. The standard InChI is InChI=1S/C15H12Cl3NO/c16-9-14(10-4-2-1-3-5-10)19-15(20)11-6-12(17)8-13(18)7-11/h1-8,14H,9H2,(H,19,20). The lowest BCUT2D eigenvalue weighted by Gasteiger charge is -2.16. The van der Waals surface area contributed by atoms with Crippen molar-refractivity contribution in [3.63, 3.8) is 0 Å². The lowest BCUT2D eigenvalue weighted by atomic mass is 10.1. The third kappa shape index (κ3) is 3.89. The molecule has 2 rings (SSSR count). The van der Waals surface area contributed by atoms with Gasteiger partial charge in [-0.25, -0.2) is 0 Å². The Morgan fingerprint density at radius 2 is 1.65 bits per heavy atom. The van der Waals surface area contributed by atoms with Crippen LogP contribution < -0.4 is 5.32 Å². The summed E-state index contributed by atoms with van der Waals surface area (Å²) in [6, 6.07) is 14.0. The number of halogens is 3. The first-order valence-corrected chi connectivity index (χ1v) is 7.27. The summed E-state index contributed by atoms with van der Waals surface area (Å²) in [6.45, 7) is 0. The van der Waals surface area contributed by atoms with Crippen LogP contribution in [-0.2, 0) is 0 Å². The van der Waals surface area contributed by atoms with E-state index in [1.807, 2.05) is 30.3 Å². The first-order valence-electron chi connectivity index (χ1n) is 5.98. The molecular weight excluding hydrogens is 317 g/mol. The van der Waals surface area contributed by atoms with Crippen LogP contribution in [-0.4, -0.2) is 11.8 Å². The molecule has 1 atom stereocenters. The van der Waals surface area contributed by atoms with Crippen LogP contribution in [0.2, 0.25) is 10.0 Å². The van der Waals surface area contributed by atoms with Crippen molar-refractivity contribution in [2.24, 2.45) is 0 Å². The van der Waals surface area contributed by atoms with Crippen molar-refractivity contribution in [2.75, 3.05) is 5.88 Å². The zero-order valence-corrected chi connectivity index (χ0v) is 12.7. The van der Waals surface area contributed by atoms with Gasteiger partial charge in [0.25, 0.3) is 5.91 Å². The summed E-state index contributed by atoms with van der Waals surface area (Å²) < 4.78 is 0. The molecule has 0 aliphatic rings. The maximum atomic E-state index is 12.2. The second-order valence-corrected chi connectivity index (χ2v) is 5.43. The minimum absolute atomic E-state index is 0.260. The molecule has 0 aliphatic carbocycles. The molecule has 5 heteroatoms. The third-order valence-corrected chi connectivity index (χ3v) is 3.53. The maximum absolute atomic E-state index is 12.2. The molecule has 0 aromatic heterocycles. The summed E-state index contributed by atoms with van der Waals surface area (Å²) in [4.78, 5) is 12.2. The van der Waals surface area contributed by atoms with Gasteiger partial charge in [-0.05, 0) is 23.8 Å². The molecule has 0 radical (unpaired) electrons. The van der Waals surface area contributed by atoms with Gasteiger partial charge in [-0.1, -0.05) is 53.5 Å². The summed E-state index contributed by atoms with van der Waals surface area (Å²) in [7, 11) is 0. The van der Waals surface area contributed by atoms with Gasteiger partial charge in [-0.15, -0.1) is 11.6 Å². The van der Waals surface area contributed by atoms with Crippen LogP contribution in [0.25, 0.3) is 0 Å². The van der Waals surface area contributed by atoms with Crippen LogP contribution in [0.15, 0.2) is 48.5 Å². The Kier molecular flexibility index (Phi) is 5.30. The van der Waals surface area contributed by atoms with Crippen LogP contribution in [0.5, 0.6) is 0 Å². The van der Waals surface area contributed by atoms with Gasteiger partial charge >= 0.3 is 0 Å². The van der Waals surface area contributed by atoms with Gasteiger partial charge in [0.15, 0.2) is 0 Å². The summed E-state index contributed by atoms with van der Waals surface area (Å²) >= 11 is 17.7. The molecule has 0 heterocycles. The normalized spacial score (nSPS) is 11.9. The lowest BCUT2D eigenvalue weighted by molar-refractivity contribution is 0.0940. The predicted molar refractivity (Wildman–Crippen MR) is 83.8 cm³/mol. The van der Waals surface area contributed by atoms with Crippen molar-refractivity contribution < 1.29 is 4.79 Å². The number of amides is 1. The van der Waals surface area contributed by atoms with Crippen LogP contribution in [0.1, 0.15) is 22.0 Å². The van der Waals surface area contributed by atoms with E-state index in [2.05, 4.69) is 5.32 Å². The van der Waals surface area contributed by atoms with Crippen LogP contribution >= 0.6 is 34.8 Å². The van der Waals surface area contributed by atoms with Crippen LogP contribution in [0, 0.1) is 0 Å². The second-order valence-electron chi connectivity index (χ2n) is 4.25. The first kappa shape index (κ1) is 15.2. The zero-order valence-electron chi connectivity index (χ0n) is 10.4. The van der Waals surface area contributed by atoms with E-state index in [9.17, 15) is 4.79 Å². The number of carbonyl (C=O) groups is 1. The molecule has 1 amide bonds. The monoisotopic (exact) mass is 327 g/mol. The van der Waals surface area contributed by atoms with E-state index in [0.717, 1.165) is 5.56 Å². The quantitative estimate of drug-likeness (QED) is 0.810. The maximum Gasteiger partial charge on any atom is 0.251 e. The van der Waals surface area contributed by atoms with E-state index >= 15 is 0 Å². The fourth-order valence-corrected chi connectivity index (χ4v) is 2.60. The first-order chi connectivity index (χ1) is 9.60. The van der Waals surface area contributed by atoms with E-state index in [1.165, 1.54) is 0 Å². The van der Waals surface area contributed by atoms with Gasteiger partial charge in [0, 0.05) is 21.5 Å². The second kappa shape index (κ2) is 6.98. The molecule has 104 valence electrons. The highest BCUT2D eigenvalue weighted by atomic mass is 35.5. The largest absolute Gasteiger partial charge is 0.344 e. The average molecular weight is 329 g/mol. The highest BCUT2D eigenvalue weighted by molar-refractivity contribution is 6.35. The molecule has 2 nitrogen and oxygen atoms in total. The topological polar surface area (TPSA) is 29.1 Å². The van der Waals surface area contributed by atoms with Gasteiger partial charge in [-0.3, -0.25) is 4.79 Å². The Morgan fingerprint density at radius 1 is 1.05 bits per heavy atom. The van der Waals surface area contributed by atoms with Gasteiger partial charge < -0.3 is 5.32 Å². The summed E-state index contributed by atoms with van der Waals surface area (Å²) in [5.74, 6) is 0.0215. The van der Waals surface area contributed by atoms with Crippen molar-refractivity contribution in [1.29, 1.82) is 0 Å². The van der Waals surface area contributed by atoms with Crippen LogP contribution in [0.3, 0.4) is 0 Å². The Morgan fingerprint density at radius 3 is 2.20 bits per heavy atom. The Hall–Kier alpha value is -1.22. The molecule has 0 fully saturated rings. The molecule has 20 heavy (non-hydrogen) atoms. The average Bonchev–Trinajstić information content (AvgIpc) is 2.44.